The number of carbonyl (C=O) groups excluding carboxylic acids is 2. The van der Waals surface area contributed by atoms with Crippen LogP contribution in [0.25, 0.3) is 0 Å². The maximum absolute atomic E-state index is 13.2. The topological polar surface area (TPSA) is 115 Å². The summed E-state index contributed by atoms with van der Waals surface area (Å²) >= 11 is 0. The minimum atomic E-state index is -0.934. The van der Waals surface area contributed by atoms with Crippen molar-refractivity contribution in [1.29, 1.82) is 5.26 Å². The van der Waals surface area contributed by atoms with Crippen LogP contribution < -0.4 is 10.2 Å². The van der Waals surface area contributed by atoms with Crippen LogP contribution in [0.5, 0.6) is 0 Å². The van der Waals surface area contributed by atoms with Gasteiger partial charge in [0.1, 0.15) is 16.9 Å². The highest BCUT2D eigenvalue weighted by Crippen LogP contribution is 2.53. The molecule has 0 bridgehead atoms. The summed E-state index contributed by atoms with van der Waals surface area (Å²) in [5.41, 5.74) is 0.0219. The summed E-state index contributed by atoms with van der Waals surface area (Å²) in [6, 6.07) is 7.21. The lowest BCUT2D eigenvalue weighted by Gasteiger charge is -2.22. The number of aromatic nitrogens is 3. The minimum Gasteiger partial charge on any atom is -0.343 e. The van der Waals surface area contributed by atoms with Crippen molar-refractivity contribution in [3.63, 3.8) is 0 Å². The van der Waals surface area contributed by atoms with E-state index in [0.29, 0.717) is 29.6 Å². The second-order valence-corrected chi connectivity index (χ2v) is 8.08. The Labute approximate surface area is 174 Å². The van der Waals surface area contributed by atoms with Crippen LogP contribution in [0.4, 0.5) is 17.5 Å². The predicted molar refractivity (Wildman–Crippen MR) is 110 cm³/mol. The first-order valence-electron chi connectivity index (χ1n) is 9.88. The SMILES string of the molecule is C[C@@H]1C[C@@](C#N)(C2CC2)C(=O)N1c1ccnc(Nc2ccc(C(=O)N(C)C)nc2)n1. The van der Waals surface area contributed by atoms with Gasteiger partial charge in [0.2, 0.25) is 11.9 Å². The molecular formula is C21H23N7O2. The van der Waals surface area contributed by atoms with E-state index in [1.807, 2.05) is 6.92 Å². The number of rotatable bonds is 5. The number of anilines is 3. The van der Waals surface area contributed by atoms with Crippen molar-refractivity contribution in [2.45, 2.75) is 32.2 Å². The summed E-state index contributed by atoms with van der Waals surface area (Å²) in [6.07, 6.45) is 5.48. The Morgan fingerprint density at radius 2 is 2.07 bits per heavy atom. The second kappa shape index (κ2) is 7.37. The molecule has 2 atom stereocenters. The molecule has 2 aliphatic rings. The molecule has 4 rings (SSSR count). The Morgan fingerprint density at radius 3 is 2.67 bits per heavy atom. The quantitative estimate of drug-likeness (QED) is 0.812. The molecule has 1 aliphatic carbocycles. The molecular weight excluding hydrogens is 382 g/mol. The normalized spacial score (nSPS) is 23.2. The number of carbonyl (C=O) groups is 2. The Bertz CT molecular complexity index is 1030. The molecule has 0 radical (unpaired) electrons. The molecule has 30 heavy (non-hydrogen) atoms. The van der Waals surface area contributed by atoms with Gasteiger partial charge in [-0.1, -0.05) is 0 Å². The number of hydrogen-bond donors (Lipinski definition) is 1. The van der Waals surface area contributed by atoms with Crippen LogP contribution >= 0.6 is 0 Å². The van der Waals surface area contributed by atoms with Gasteiger partial charge in [-0.25, -0.2) is 9.97 Å². The van der Waals surface area contributed by atoms with Crippen LogP contribution in [-0.4, -0.2) is 51.8 Å². The Hall–Kier alpha value is -3.54. The average molecular weight is 405 g/mol. The zero-order chi connectivity index (χ0) is 21.5. The van der Waals surface area contributed by atoms with Crippen molar-refractivity contribution in [2.24, 2.45) is 11.3 Å². The Balaban J connectivity index is 1.54. The van der Waals surface area contributed by atoms with Gasteiger partial charge < -0.3 is 10.2 Å². The molecule has 9 nitrogen and oxygen atoms in total. The van der Waals surface area contributed by atoms with E-state index in [0.717, 1.165) is 12.8 Å². The maximum Gasteiger partial charge on any atom is 0.271 e. The summed E-state index contributed by atoms with van der Waals surface area (Å²) in [5, 5.41) is 12.8. The molecule has 1 aliphatic heterocycles. The Kier molecular flexibility index (Phi) is 4.86. The van der Waals surface area contributed by atoms with Crippen LogP contribution in [0.3, 0.4) is 0 Å². The molecule has 2 amide bonds. The molecule has 1 saturated carbocycles. The molecule has 1 saturated heterocycles. The average Bonchev–Trinajstić information content (AvgIpc) is 3.54. The fraction of sp³-hybridized carbons (Fsp3) is 0.429. The number of pyridine rings is 1. The van der Waals surface area contributed by atoms with Gasteiger partial charge in [-0.2, -0.15) is 10.2 Å². The van der Waals surface area contributed by atoms with E-state index in [1.54, 1.807) is 43.4 Å². The largest absolute Gasteiger partial charge is 0.343 e. The monoisotopic (exact) mass is 405 g/mol. The fourth-order valence-electron chi connectivity index (χ4n) is 3.99. The van der Waals surface area contributed by atoms with Gasteiger partial charge in [-0.05, 0) is 50.3 Å². The van der Waals surface area contributed by atoms with Gasteiger partial charge in [-0.15, -0.1) is 0 Å². The molecule has 0 spiro atoms. The molecule has 9 heteroatoms. The first-order valence-corrected chi connectivity index (χ1v) is 9.88. The maximum atomic E-state index is 13.2. The van der Waals surface area contributed by atoms with E-state index in [2.05, 4.69) is 26.3 Å². The zero-order valence-electron chi connectivity index (χ0n) is 17.2. The van der Waals surface area contributed by atoms with Crippen LogP contribution in [0.1, 0.15) is 36.7 Å². The highest BCUT2D eigenvalue weighted by molar-refractivity contribution is 6.02. The number of hydrogen-bond acceptors (Lipinski definition) is 7. The molecule has 2 aromatic rings. The summed E-state index contributed by atoms with van der Waals surface area (Å²) in [4.78, 5) is 41.1. The van der Waals surface area contributed by atoms with E-state index in [9.17, 15) is 14.9 Å². The first kappa shape index (κ1) is 19.8. The lowest BCUT2D eigenvalue weighted by Crippen LogP contribution is -2.37. The third-order valence-electron chi connectivity index (χ3n) is 5.66. The van der Waals surface area contributed by atoms with E-state index in [-0.39, 0.29) is 23.8 Å². The highest BCUT2D eigenvalue weighted by Gasteiger charge is 2.59. The van der Waals surface area contributed by atoms with Gasteiger partial charge in [0.05, 0.1) is 18.0 Å². The number of nitrogens with one attached hydrogen (secondary N) is 1. The van der Waals surface area contributed by atoms with E-state index in [4.69, 9.17) is 0 Å². The predicted octanol–water partition coefficient (Wildman–Crippen LogP) is 2.36. The third-order valence-corrected chi connectivity index (χ3v) is 5.66. The van der Waals surface area contributed by atoms with E-state index in [1.165, 1.54) is 11.1 Å². The van der Waals surface area contributed by atoms with Gasteiger partial charge in [-0.3, -0.25) is 14.5 Å². The van der Waals surface area contributed by atoms with Crippen molar-refractivity contribution in [2.75, 3.05) is 24.3 Å². The van der Waals surface area contributed by atoms with Crippen LogP contribution in [0.2, 0.25) is 0 Å². The van der Waals surface area contributed by atoms with Crippen LogP contribution in [0, 0.1) is 22.7 Å². The van der Waals surface area contributed by atoms with Crippen LogP contribution in [0.15, 0.2) is 30.6 Å². The molecule has 2 aromatic heterocycles. The minimum absolute atomic E-state index is 0.113. The molecule has 3 heterocycles. The molecule has 2 fully saturated rings. The second-order valence-electron chi connectivity index (χ2n) is 8.08. The smallest absolute Gasteiger partial charge is 0.271 e. The number of nitriles is 1. The lowest BCUT2D eigenvalue weighted by molar-refractivity contribution is -0.123. The standard InChI is InChI=1S/C21H23N7O2/c1-13-10-21(12-22,14-4-5-14)19(30)28(13)17-8-9-23-20(26-17)25-15-6-7-16(24-11-15)18(29)27(2)3/h6-9,11,13-14H,4-5,10H2,1-3H3,(H,23,25,26)/t13-,21-/m1/s1. The van der Waals surface area contributed by atoms with Gasteiger partial charge in [0, 0.05) is 26.3 Å². The van der Waals surface area contributed by atoms with Gasteiger partial charge in [0.25, 0.3) is 5.91 Å². The van der Waals surface area contributed by atoms with Crippen molar-refractivity contribution >= 4 is 29.3 Å². The van der Waals surface area contributed by atoms with Crippen LogP contribution in [-0.2, 0) is 4.79 Å². The fourth-order valence-corrected chi connectivity index (χ4v) is 3.99. The van der Waals surface area contributed by atoms with Gasteiger partial charge >= 0.3 is 0 Å². The lowest BCUT2D eigenvalue weighted by atomic mass is 9.81. The molecule has 0 unspecified atom stereocenters. The Morgan fingerprint density at radius 1 is 1.30 bits per heavy atom. The van der Waals surface area contributed by atoms with E-state index >= 15 is 0 Å². The number of nitrogens with zero attached hydrogens (tertiary/aromatic N) is 6. The zero-order valence-corrected chi connectivity index (χ0v) is 17.2. The first-order chi connectivity index (χ1) is 14.4. The van der Waals surface area contributed by atoms with Crippen molar-refractivity contribution in [3.8, 4) is 6.07 Å². The summed E-state index contributed by atoms with van der Waals surface area (Å²) in [6.45, 7) is 1.94. The van der Waals surface area contributed by atoms with Gasteiger partial charge in [0.15, 0.2) is 0 Å². The summed E-state index contributed by atoms with van der Waals surface area (Å²) in [7, 11) is 3.33. The summed E-state index contributed by atoms with van der Waals surface area (Å²) < 4.78 is 0. The summed E-state index contributed by atoms with van der Waals surface area (Å²) in [5.74, 6) is 0.573. The van der Waals surface area contributed by atoms with Crippen molar-refractivity contribution < 1.29 is 9.59 Å². The van der Waals surface area contributed by atoms with E-state index < -0.39 is 5.41 Å². The van der Waals surface area contributed by atoms with Crippen molar-refractivity contribution in [3.05, 3.63) is 36.3 Å². The number of amides is 2. The molecule has 0 aromatic carbocycles. The highest BCUT2D eigenvalue weighted by atomic mass is 16.2. The third kappa shape index (κ3) is 3.34. The molecule has 154 valence electrons. The van der Waals surface area contributed by atoms with Crippen molar-refractivity contribution in [1.82, 2.24) is 19.9 Å². The molecule has 1 N–H and O–H groups in total.